The Labute approximate surface area is 123 Å². The minimum absolute atomic E-state index is 0.114. The van der Waals surface area contributed by atoms with Crippen LogP contribution < -0.4 is 4.74 Å². The number of thioether (sulfide) groups is 1. The summed E-state index contributed by atoms with van der Waals surface area (Å²) in [4.78, 5) is 1.23. The summed E-state index contributed by atoms with van der Waals surface area (Å²) >= 11 is 1.71. The van der Waals surface area contributed by atoms with Gasteiger partial charge in [-0.25, -0.2) is 0 Å². The monoisotopic (exact) mass is 284 g/mol. The van der Waals surface area contributed by atoms with E-state index >= 15 is 0 Å². The van der Waals surface area contributed by atoms with Crippen LogP contribution in [-0.2, 0) is 6.61 Å². The van der Waals surface area contributed by atoms with Gasteiger partial charge in [0.25, 0.3) is 0 Å². The lowest BCUT2D eigenvalue weighted by atomic mass is 10.1. The molecule has 0 atom stereocenters. The average molecular weight is 284 g/mol. The highest BCUT2D eigenvalue weighted by Gasteiger charge is 1.97. The zero-order valence-electron chi connectivity index (χ0n) is 11.3. The standard InChI is InChI=1S/C17H16O2S/c1-20-17-10-8-16(9-11-17)19-13-15-6-4-14(5-7-15)3-2-12-18/h4-11,18H,12-13H2,1H3. The molecule has 2 aromatic carbocycles. The summed E-state index contributed by atoms with van der Waals surface area (Å²) in [6, 6.07) is 15.9. The minimum Gasteiger partial charge on any atom is -0.489 e. The maximum Gasteiger partial charge on any atom is 0.119 e. The lowest BCUT2D eigenvalue weighted by Gasteiger charge is -2.07. The minimum atomic E-state index is -0.114. The summed E-state index contributed by atoms with van der Waals surface area (Å²) in [5, 5.41) is 8.63. The Hall–Kier alpha value is -1.89. The molecule has 0 radical (unpaired) electrons. The quantitative estimate of drug-likeness (QED) is 0.690. The van der Waals surface area contributed by atoms with Crippen molar-refractivity contribution < 1.29 is 9.84 Å². The molecule has 0 saturated heterocycles. The number of aliphatic hydroxyl groups is 1. The van der Waals surface area contributed by atoms with E-state index in [1.807, 2.05) is 48.5 Å². The van der Waals surface area contributed by atoms with Gasteiger partial charge in [0, 0.05) is 10.5 Å². The van der Waals surface area contributed by atoms with Crippen molar-refractivity contribution in [3.8, 4) is 17.6 Å². The zero-order chi connectivity index (χ0) is 14.2. The van der Waals surface area contributed by atoms with Gasteiger partial charge in [-0.1, -0.05) is 24.0 Å². The Kier molecular flexibility index (Phi) is 5.55. The first-order valence-corrected chi connectivity index (χ1v) is 7.50. The van der Waals surface area contributed by atoms with E-state index in [4.69, 9.17) is 9.84 Å². The van der Waals surface area contributed by atoms with Gasteiger partial charge in [0.15, 0.2) is 0 Å². The van der Waals surface area contributed by atoms with Crippen molar-refractivity contribution in [3.63, 3.8) is 0 Å². The molecule has 0 amide bonds. The molecule has 102 valence electrons. The number of aliphatic hydroxyl groups excluding tert-OH is 1. The third kappa shape index (κ3) is 4.34. The van der Waals surface area contributed by atoms with E-state index in [0.29, 0.717) is 6.61 Å². The molecule has 0 fully saturated rings. The van der Waals surface area contributed by atoms with E-state index in [1.54, 1.807) is 11.8 Å². The molecule has 0 aliphatic rings. The molecule has 2 aromatic rings. The van der Waals surface area contributed by atoms with E-state index < -0.39 is 0 Å². The first-order valence-electron chi connectivity index (χ1n) is 6.27. The molecule has 20 heavy (non-hydrogen) atoms. The Morgan fingerprint density at radius 1 is 1.05 bits per heavy atom. The molecule has 2 rings (SSSR count). The van der Waals surface area contributed by atoms with E-state index in [1.165, 1.54) is 4.90 Å². The van der Waals surface area contributed by atoms with Gasteiger partial charge < -0.3 is 9.84 Å². The van der Waals surface area contributed by atoms with Crippen molar-refractivity contribution in [1.29, 1.82) is 0 Å². The Morgan fingerprint density at radius 3 is 2.35 bits per heavy atom. The molecule has 3 heteroatoms. The van der Waals surface area contributed by atoms with Crippen LogP contribution in [0.25, 0.3) is 0 Å². The molecule has 0 heterocycles. The van der Waals surface area contributed by atoms with Gasteiger partial charge in [-0.2, -0.15) is 0 Å². The topological polar surface area (TPSA) is 29.5 Å². The van der Waals surface area contributed by atoms with E-state index in [0.717, 1.165) is 16.9 Å². The SMILES string of the molecule is CSc1ccc(OCc2ccc(C#CCO)cc2)cc1. The molecule has 0 bridgehead atoms. The Bertz CT molecular complexity index is 592. The molecule has 2 nitrogen and oxygen atoms in total. The summed E-state index contributed by atoms with van der Waals surface area (Å²) in [5.41, 5.74) is 1.99. The summed E-state index contributed by atoms with van der Waals surface area (Å²) in [6.07, 6.45) is 2.05. The van der Waals surface area contributed by atoms with E-state index in [9.17, 15) is 0 Å². The van der Waals surface area contributed by atoms with Gasteiger partial charge >= 0.3 is 0 Å². The number of hydrogen-bond acceptors (Lipinski definition) is 3. The second kappa shape index (κ2) is 7.64. The zero-order valence-corrected chi connectivity index (χ0v) is 12.1. The predicted octanol–water partition coefficient (Wildman–Crippen LogP) is 3.33. The van der Waals surface area contributed by atoms with Crippen LogP contribution in [0.4, 0.5) is 0 Å². The van der Waals surface area contributed by atoms with Gasteiger partial charge in [-0.15, -0.1) is 11.8 Å². The van der Waals surface area contributed by atoms with Crippen LogP contribution in [-0.4, -0.2) is 18.0 Å². The maximum atomic E-state index is 8.63. The second-order valence-corrected chi connectivity index (χ2v) is 5.00. The lowest BCUT2D eigenvalue weighted by Crippen LogP contribution is -1.95. The van der Waals surface area contributed by atoms with Crippen LogP contribution in [0.15, 0.2) is 53.4 Å². The lowest BCUT2D eigenvalue weighted by molar-refractivity contribution is 0.306. The van der Waals surface area contributed by atoms with Crippen molar-refractivity contribution in [2.45, 2.75) is 11.5 Å². The van der Waals surface area contributed by atoms with Gasteiger partial charge in [-0.05, 0) is 48.2 Å². The van der Waals surface area contributed by atoms with Crippen molar-refractivity contribution in [2.75, 3.05) is 12.9 Å². The highest BCUT2D eigenvalue weighted by Crippen LogP contribution is 2.19. The molecule has 0 saturated carbocycles. The van der Waals surface area contributed by atoms with E-state index in [2.05, 4.69) is 18.1 Å². The molecular formula is C17H16O2S. The van der Waals surface area contributed by atoms with Gasteiger partial charge in [0.2, 0.25) is 0 Å². The Balaban J connectivity index is 1.93. The number of ether oxygens (including phenoxy) is 1. The second-order valence-electron chi connectivity index (χ2n) is 4.12. The van der Waals surface area contributed by atoms with Crippen LogP contribution >= 0.6 is 11.8 Å². The molecule has 0 aliphatic heterocycles. The highest BCUT2D eigenvalue weighted by atomic mass is 32.2. The van der Waals surface area contributed by atoms with Crippen molar-refractivity contribution in [3.05, 3.63) is 59.7 Å². The summed E-state index contributed by atoms with van der Waals surface area (Å²) in [7, 11) is 0. The largest absolute Gasteiger partial charge is 0.489 e. The van der Waals surface area contributed by atoms with Gasteiger partial charge in [0.05, 0.1) is 0 Å². The molecule has 0 unspecified atom stereocenters. The maximum absolute atomic E-state index is 8.63. The van der Waals surface area contributed by atoms with Crippen LogP contribution in [0.1, 0.15) is 11.1 Å². The smallest absolute Gasteiger partial charge is 0.119 e. The predicted molar refractivity (Wildman–Crippen MR) is 83.0 cm³/mol. The Morgan fingerprint density at radius 2 is 1.75 bits per heavy atom. The fourth-order valence-electron chi connectivity index (χ4n) is 1.66. The summed E-state index contributed by atoms with van der Waals surface area (Å²) in [5.74, 6) is 6.36. The van der Waals surface area contributed by atoms with Crippen LogP contribution in [0, 0.1) is 11.8 Å². The number of benzene rings is 2. The molecular weight excluding hydrogens is 268 g/mol. The molecule has 0 aliphatic carbocycles. The first-order chi connectivity index (χ1) is 9.81. The molecule has 0 spiro atoms. The van der Waals surface area contributed by atoms with Crippen molar-refractivity contribution >= 4 is 11.8 Å². The van der Waals surface area contributed by atoms with Crippen molar-refractivity contribution in [2.24, 2.45) is 0 Å². The fourth-order valence-corrected chi connectivity index (χ4v) is 2.07. The van der Waals surface area contributed by atoms with Gasteiger partial charge in [0.1, 0.15) is 19.0 Å². The highest BCUT2D eigenvalue weighted by molar-refractivity contribution is 7.98. The number of hydrogen-bond donors (Lipinski definition) is 1. The van der Waals surface area contributed by atoms with Crippen molar-refractivity contribution in [1.82, 2.24) is 0 Å². The molecule has 1 N–H and O–H groups in total. The van der Waals surface area contributed by atoms with Crippen LogP contribution in [0.2, 0.25) is 0 Å². The summed E-state index contributed by atoms with van der Waals surface area (Å²) < 4.78 is 5.73. The van der Waals surface area contributed by atoms with Crippen LogP contribution in [0.3, 0.4) is 0 Å². The third-order valence-corrected chi connectivity index (χ3v) is 3.47. The number of rotatable bonds is 4. The summed E-state index contributed by atoms with van der Waals surface area (Å²) in [6.45, 7) is 0.420. The van der Waals surface area contributed by atoms with Gasteiger partial charge in [-0.3, -0.25) is 0 Å². The third-order valence-electron chi connectivity index (χ3n) is 2.73. The fraction of sp³-hybridized carbons (Fsp3) is 0.176. The normalized spacial score (nSPS) is 9.70. The van der Waals surface area contributed by atoms with Crippen LogP contribution in [0.5, 0.6) is 5.75 Å². The molecule has 0 aromatic heterocycles. The first kappa shape index (κ1) is 14.5. The average Bonchev–Trinajstić information content (AvgIpc) is 2.52. The van der Waals surface area contributed by atoms with E-state index in [-0.39, 0.29) is 6.61 Å².